The molecule has 0 aliphatic heterocycles. The summed E-state index contributed by atoms with van der Waals surface area (Å²) in [5.41, 5.74) is 3.17. The van der Waals surface area contributed by atoms with Crippen LogP contribution in [0.4, 0.5) is 0 Å². The highest BCUT2D eigenvalue weighted by Gasteiger charge is 2.20. The zero-order valence-electron chi connectivity index (χ0n) is 17.0. The fourth-order valence-corrected chi connectivity index (χ4v) is 4.49. The predicted molar refractivity (Wildman–Crippen MR) is 117 cm³/mol. The molecule has 156 valence electrons. The van der Waals surface area contributed by atoms with Crippen molar-refractivity contribution in [3.63, 3.8) is 0 Å². The van der Waals surface area contributed by atoms with Gasteiger partial charge in [0.25, 0.3) is 0 Å². The van der Waals surface area contributed by atoms with Crippen LogP contribution in [0.2, 0.25) is 0 Å². The second-order valence-electron chi connectivity index (χ2n) is 7.03. The van der Waals surface area contributed by atoms with Crippen LogP contribution in [0.25, 0.3) is 0 Å². The van der Waals surface area contributed by atoms with E-state index in [1.165, 1.54) is 19.2 Å². The van der Waals surface area contributed by atoms with Gasteiger partial charge in [-0.2, -0.15) is 0 Å². The van der Waals surface area contributed by atoms with Gasteiger partial charge in [-0.3, -0.25) is 0 Å². The summed E-state index contributed by atoms with van der Waals surface area (Å²) in [5.74, 6) is -0.489. The number of benzene rings is 3. The molecule has 0 spiro atoms. The van der Waals surface area contributed by atoms with Crippen molar-refractivity contribution >= 4 is 16.0 Å². The quantitative estimate of drug-likeness (QED) is 0.549. The zero-order valence-corrected chi connectivity index (χ0v) is 17.9. The van der Waals surface area contributed by atoms with Crippen molar-refractivity contribution < 1.29 is 17.9 Å². The van der Waals surface area contributed by atoms with E-state index in [1.807, 2.05) is 36.4 Å². The van der Waals surface area contributed by atoms with Crippen LogP contribution in [0.5, 0.6) is 0 Å². The van der Waals surface area contributed by atoms with Crippen molar-refractivity contribution in [3.05, 3.63) is 101 Å². The van der Waals surface area contributed by atoms with E-state index in [-0.39, 0.29) is 22.9 Å². The Morgan fingerprint density at radius 3 is 2.03 bits per heavy atom. The van der Waals surface area contributed by atoms with Gasteiger partial charge in [0.15, 0.2) is 0 Å². The summed E-state index contributed by atoms with van der Waals surface area (Å²) in [6.07, 6.45) is 0.600. The summed E-state index contributed by atoms with van der Waals surface area (Å²) in [5, 5.41) is 0. The number of carbonyl (C=O) groups excluding carboxylic acids is 1. The number of sulfonamides is 1. The highest BCUT2D eigenvalue weighted by Crippen LogP contribution is 2.27. The maximum atomic E-state index is 12.8. The summed E-state index contributed by atoms with van der Waals surface area (Å²) in [6, 6.07) is 24.5. The minimum Gasteiger partial charge on any atom is -0.465 e. The Balaban J connectivity index is 1.77. The lowest BCUT2D eigenvalue weighted by Crippen LogP contribution is -2.26. The molecule has 0 unspecified atom stereocenters. The maximum Gasteiger partial charge on any atom is 0.338 e. The van der Waals surface area contributed by atoms with Gasteiger partial charge in [-0.15, -0.1) is 0 Å². The third-order valence-electron chi connectivity index (χ3n) is 5.05. The van der Waals surface area contributed by atoms with Crippen LogP contribution in [0.3, 0.4) is 0 Å². The molecule has 0 radical (unpaired) electrons. The number of ether oxygens (including phenoxy) is 1. The van der Waals surface area contributed by atoms with E-state index in [0.29, 0.717) is 12.0 Å². The van der Waals surface area contributed by atoms with Gasteiger partial charge in [0.05, 0.1) is 17.6 Å². The molecule has 5 nitrogen and oxygen atoms in total. The summed E-state index contributed by atoms with van der Waals surface area (Å²) in [4.78, 5) is 11.9. The van der Waals surface area contributed by atoms with Crippen LogP contribution in [0, 0.1) is 6.92 Å². The highest BCUT2D eigenvalue weighted by molar-refractivity contribution is 7.89. The van der Waals surface area contributed by atoms with E-state index in [0.717, 1.165) is 11.1 Å². The summed E-state index contributed by atoms with van der Waals surface area (Å²) < 4.78 is 33.0. The summed E-state index contributed by atoms with van der Waals surface area (Å²) in [6.45, 7) is 2.00. The number of carbonyl (C=O) groups is 1. The minimum absolute atomic E-state index is 0.0458. The van der Waals surface area contributed by atoms with Gasteiger partial charge < -0.3 is 4.74 Å². The Labute approximate surface area is 177 Å². The number of methoxy groups -OCH3 is 1. The fourth-order valence-electron chi connectivity index (χ4n) is 3.42. The van der Waals surface area contributed by atoms with Gasteiger partial charge in [-0.25, -0.2) is 17.9 Å². The Bertz CT molecular complexity index is 1060. The largest absolute Gasteiger partial charge is 0.465 e. The van der Waals surface area contributed by atoms with Crippen molar-refractivity contribution in [2.45, 2.75) is 24.2 Å². The first-order valence-corrected chi connectivity index (χ1v) is 11.2. The molecule has 0 atom stereocenters. The Morgan fingerprint density at radius 1 is 0.933 bits per heavy atom. The van der Waals surface area contributed by atoms with E-state index in [9.17, 15) is 13.2 Å². The van der Waals surface area contributed by atoms with E-state index in [1.54, 1.807) is 13.0 Å². The molecule has 30 heavy (non-hydrogen) atoms. The lowest BCUT2D eigenvalue weighted by molar-refractivity contribution is 0.0599. The minimum atomic E-state index is -3.76. The number of rotatable bonds is 8. The van der Waals surface area contributed by atoms with Crippen molar-refractivity contribution in [1.29, 1.82) is 0 Å². The average molecular weight is 424 g/mol. The molecule has 6 heteroatoms. The van der Waals surface area contributed by atoms with Gasteiger partial charge >= 0.3 is 5.97 Å². The summed E-state index contributed by atoms with van der Waals surface area (Å²) >= 11 is 0. The molecule has 0 aliphatic rings. The molecule has 0 aliphatic carbocycles. The molecule has 0 bridgehead atoms. The average Bonchev–Trinajstić information content (AvgIpc) is 2.77. The fraction of sp³-hybridized carbons (Fsp3) is 0.208. The van der Waals surface area contributed by atoms with Crippen molar-refractivity contribution in [1.82, 2.24) is 4.72 Å². The first kappa shape index (κ1) is 21.7. The maximum absolute atomic E-state index is 12.8. The van der Waals surface area contributed by atoms with Crippen LogP contribution in [0.15, 0.2) is 83.8 Å². The van der Waals surface area contributed by atoms with Crippen molar-refractivity contribution in [2.75, 3.05) is 13.7 Å². The molecule has 0 saturated heterocycles. The monoisotopic (exact) mass is 423 g/mol. The van der Waals surface area contributed by atoms with Gasteiger partial charge in [-0.1, -0.05) is 66.7 Å². The van der Waals surface area contributed by atoms with Crippen LogP contribution < -0.4 is 4.72 Å². The van der Waals surface area contributed by atoms with E-state index >= 15 is 0 Å². The third-order valence-corrected chi connectivity index (χ3v) is 6.51. The van der Waals surface area contributed by atoms with Crippen molar-refractivity contribution in [3.8, 4) is 0 Å². The van der Waals surface area contributed by atoms with Gasteiger partial charge in [0.1, 0.15) is 0 Å². The Morgan fingerprint density at radius 2 is 1.50 bits per heavy atom. The first-order valence-electron chi connectivity index (χ1n) is 9.71. The van der Waals surface area contributed by atoms with Gasteiger partial charge in [0, 0.05) is 12.5 Å². The van der Waals surface area contributed by atoms with E-state index in [4.69, 9.17) is 4.74 Å². The third kappa shape index (κ3) is 5.14. The Kier molecular flexibility index (Phi) is 7.03. The number of hydrogen-bond acceptors (Lipinski definition) is 4. The van der Waals surface area contributed by atoms with Gasteiger partial charge in [0.2, 0.25) is 10.0 Å². The molecule has 3 aromatic rings. The molecule has 1 N–H and O–H groups in total. The second kappa shape index (κ2) is 9.69. The van der Waals surface area contributed by atoms with Crippen molar-refractivity contribution in [2.24, 2.45) is 0 Å². The smallest absolute Gasteiger partial charge is 0.338 e. The molecule has 3 aromatic carbocycles. The predicted octanol–water partition coefficient (Wildman–Crippen LogP) is 4.28. The molecular weight excluding hydrogens is 398 g/mol. The standard InChI is InChI=1S/C24H25NO4S/c1-18-13-14-21(17-23(18)24(26)29-2)30(27,28)25-16-15-22(19-9-5-3-6-10-19)20-11-7-4-8-12-20/h3-14,17,22,25H,15-16H2,1-2H3. The second-order valence-corrected chi connectivity index (χ2v) is 8.80. The molecular formula is C24H25NO4S. The molecule has 0 saturated carbocycles. The number of esters is 1. The normalized spacial score (nSPS) is 11.4. The molecule has 0 aromatic heterocycles. The molecule has 0 fully saturated rings. The van der Waals surface area contributed by atoms with Gasteiger partial charge in [-0.05, 0) is 42.2 Å². The lowest BCUT2D eigenvalue weighted by Gasteiger charge is -2.18. The zero-order chi connectivity index (χ0) is 21.6. The van der Waals surface area contributed by atoms with E-state index in [2.05, 4.69) is 29.0 Å². The SMILES string of the molecule is COC(=O)c1cc(S(=O)(=O)NCCC(c2ccccc2)c2ccccc2)ccc1C. The van der Waals surface area contributed by atoms with E-state index < -0.39 is 16.0 Å². The lowest BCUT2D eigenvalue weighted by atomic mass is 9.89. The highest BCUT2D eigenvalue weighted by atomic mass is 32.2. The Hall–Kier alpha value is -2.96. The first-order chi connectivity index (χ1) is 14.4. The van der Waals surface area contributed by atoms with Crippen LogP contribution in [-0.2, 0) is 14.8 Å². The molecule has 0 heterocycles. The van der Waals surface area contributed by atoms with Crippen LogP contribution >= 0.6 is 0 Å². The topological polar surface area (TPSA) is 72.5 Å². The number of hydrogen-bond donors (Lipinski definition) is 1. The number of aryl methyl sites for hydroxylation is 1. The molecule has 0 amide bonds. The van der Waals surface area contributed by atoms with Crippen LogP contribution in [0.1, 0.15) is 39.4 Å². The molecule has 3 rings (SSSR count). The number of nitrogens with one attached hydrogen (secondary N) is 1. The van der Waals surface area contributed by atoms with Crippen LogP contribution in [-0.4, -0.2) is 28.0 Å². The summed E-state index contributed by atoms with van der Waals surface area (Å²) in [7, 11) is -2.49.